The highest BCUT2D eigenvalue weighted by molar-refractivity contribution is 6.55. The number of hydrogen-bond donors (Lipinski definition) is 0. The molecule has 0 bridgehead atoms. The molecule has 18 heavy (non-hydrogen) atoms. The summed E-state index contributed by atoms with van der Waals surface area (Å²) >= 11 is 29.1. The van der Waals surface area contributed by atoms with E-state index in [1.807, 2.05) is 0 Å². The van der Waals surface area contributed by atoms with Gasteiger partial charge in [0.05, 0.1) is 21.2 Å². The number of carbonyl (C=O) groups is 1. The minimum Gasteiger partial charge on any atom is -0.431 e. The number of rotatable bonds is 2. The van der Waals surface area contributed by atoms with Crippen molar-refractivity contribution in [2.45, 2.75) is 20.0 Å². The monoisotopic (exact) mass is 350 g/mol. The van der Waals surface area contributed by atoms with Gasteiger partial charge in [-0.1, -0.05) is 58.0 Å². The molecule has 8 heteroatoms. The Labute approximate surface area is 129 Å². The van der Waals surface area contributed by atoms with Crippen LogP contribution in [-0.2, 0) is 4.74 Å². The van der Waals surface area contributed by atoms with Crippen molar-refractivity contribution in [3.63, 3.8) is 0 Å². The molecule has 0 unspecified atom stereocenters. The molecule has 1 aromatic rings. The van der Waals surface area contributed by atoms with Crippen molar-refractivity contribution in [3.05, 3.63) is 25.1 Å². The molecule has 0 heterocycles. The van der Waals surface area contributed by atoms with Crippen LogP contribution in [0.3, 0.4) is 0 Å². The molecule has 0 aliphatic heterocycles. The fourth-order valence-corrected chi connectivity index (χ4v) is 2.17. The predicted octanol–water partition coefficient (Wildman–Crippen LogP) is 5.88. The highest BCUT2D eigenvalue weighted by Crippen LogP contribution is 2.48. The Morgan fingerprint density at radius 1 is 0.889 bits per heavy atom. The van der Waals surface area contributed by atoms with Crippen molar-refractivity contribution in [2.75, 3.05) is 0 Å². The van der Waals surface area contributed by atoms with Gasteiger partial charge >= 0.3 is 6.16 Å². The van der Waals surface area contributed by atoms with E-state index in [0.717, 1.165) is 0 Å². The van der Waals surface area contributed by atoms with Crippen LogP contribution in [0.2, 0.25) is 25.1 Å². The van der Waals surface area contributed by atoms with Gasteiger partial charge in [0, 0.05) is 0 Å². The molecule has 0 saturated heterocycles. The first-order valence-corrected chi connectivity index (χ1v) is 6.54. The van der Waals surface area contributed by atoms with Crippen LogP contribution in [0.5, 0.6) is 5.75 Å². The van der Waals surface area contributed by atoms with Crippen molar-refractivity contribution >= 4 is 64.2 Å². The highest BCUT2D eigenvalue weighted by Gasteiger charge is 2.23. The summed E-state index contributed by atoms with van der Waals surface area (Å²) < 4.78 is 9.63. The molecule has 3 nitrogen and oxygen atoms in total. The average molecular weight is 352 g/mol. The van der Waals surface area contributed by atoms with Crippen molar-refractivity contribution in [1.82, 2.24) is 0 Å². The third-order valence-corrected chi connectivity index (χ3v) is 3.93. The second-order valence-electron chi connectivity index (χ2n) is 3.42. The summed E-state index contributed by atoms with van der Waals surface area (Å²) in [6.07, 6.45) is -1.32. The first kappa shape index (κ1) is 16.0. The van der Waals surface area contributed by atoms with Gasteiger partial charge in [-0.3, -0.25) is 0 Å². The summed E-state index contributed by atoms with van der Waals surface area (Å²) in [5.74, 6) is -0.191. The largest absolute Gasteiger partial charge is 0.514 e. The first-order chi connectivity index (χ1) is 8.25. The standard InChI is InChI=1S/C10H7Cl5O3/c1-3(2)17-10(16)18-9-7(14)5(12)4(11)6(13)8(9)15/h3H,1-2H3. The van der Waals surface area contributed by atoms with E-state index >= 15 is 0 Å². The minimum atomic E-state index is -0.969. The maximum Gasteiger partial charge on any atom is 0.514 e. The molecular formula is C10H7Cl5O3. The molecule has 0 aliphatic carbocycles. The van der Waals surface area contributed by atoms with Gasteiger partial charge < -0.3 is 9.47 Å². The zero-order valence-corrected chi connectivity index (χ0v) is 13.0. The molecule has 100 valence electrons. The van der Waals surface area contributed by atoms with Crippen LogP contribution < -0.4 is 4.74 Å². The van der Waals surface area contributed by atoms with Crippen LogP contribution in [0.1, 0.15) is 13.8 Å². The van der Waals surface area contributed by atoms with Crippen LogP contribution in [0.4, 0.5) is 4.79 Å². The van der Waals surface area contributed by atoms with Gasteiger partial charge in [0.15, 0.2) is 5.75 Å². The van der Waals surface area contributed by atoms with E-state index < -0.39 is 6.16 Å². The maximum atomic E-state index is 11.4. The van der Waals surface area contributed by atoms with Crippen molar-refractivity contribution in [1.29, 1.82) is 0 Å². The smallest absolute Gasteiger partial charge is 0.431 e. The van der Waals surface area contributed by atoms with E-state index in [1.165, 1.54) is 0 Å². The van der Waals surface area contributed by atoms with Crippen molar-refractivity contribution in [2.24, 2.45) is 0 Å². The second kappa shape index (κ2) is 6.40. The minimum absolute atomic E-state index is 0.0158. The molecular weight excluding hydrogens is 345 g/mol. The van der Waals surface area contributed by atoms with Crippen LogP contribution in [0.15, 0.2) is 0 Å². The Morgan fingerprint density at radius 3 is 1.67 bits per heavy atom. The summed E-state index contributed by atoms with van der Waals surface area (Å²) in [5, 5.41) is -0.355. The van der Waals surface area contributed by atoms with E-state index in [9.17, 15) is 4.79 Å². The first-order valence-electron chi connectivity index (χ1n) is 4.65. The Kier molecular flexibility index (Phi) is 5.68. The molecule has 0 aliphatic rings. The van der Waals surface area contributed by atoms with Gasteiger partial charge in [-0.2, -0.15) is 0 Å². The number of hydrogen-bond acceptors (Lipinski definition) is 3. The lowest BCUT2D eigenvalue weighted by atomic mass is 10.3. The topological polar surface area (TPSA) is 35.5 Å². The molecule has 1 aromatic carbocycles. The zero-order chi connectivity index (χ0) is 14.0. The van der Waals surface area contributed by atoms with E-state index in [4.69, 9.17) is 67.5 Å². The Hall–Kier alpha value is -0.0600. The zero-order valence-electron chi connectivity index (χ0n) is 9.19. The fraction of sp³-hybridized carbons (Fsp3) is 0.300. The SMILES string of the molecule is CC(C)OC(=O)Oc1c(Cl)c(Cl)c(Cl)c(Cl)c1Cl. The number of halogens is 5. The molecule has 0 fully saturated rings. The molecule has 0 saturated carbocycles. The predicted molar refractivity (Wildman–Crippen MR) is 73.7 cm³/mol. The van der Waals surface area contributed by atoms with Crippen molar-refractivity contribution in [3.8, 4) is 5.75 Å². The molecule has 0 spiro atoms. The molecule has 1 rings (SSSR count). The van der Waals surface area contributed by atoms with Crippen molar-refractivity contribution < 1.29 is 14.3 Å². The van der Waals surface area contributed by atoms with E-state index in [1.54, 1.807) is 13.8 Å². The number of carbonyl (C=O) groups excluding carboxylic acids is 1. The lowest BCUT2D eigenvalue weighted by Crippen LogP contribution is -2.16. The summed E-state index contributed by atoms with van der Waals surface area (Å²) in [6.45, 7) is 3.32. The second-order valence-corrected chi connectivity index (χ2v) is 5.31. The lowest BCUT2D eigenvalue weighted by Gasteiger charge is -2.13. The van der Waals surface area contributed by atoms with E-state index in [2.05, 4.69) is 0 Å². The van der Waals surface area contributed by atoms with E-state index in [-0.39, 0.29) is 37.0 Å². The summed E-state index contributed by atoms with van der Waals surface area (Å²) in [5.41, 5.74) is 0. The Balaban J connectivity index is 3.14. The van der Waals surface area contributed by atoms with Gasteiger partial charge in [0.2, 0.25) is 0 Å². The maximum absolute atomic E-state index is 11.4. The highest BCUT2D eigenvalue weighted by atomic mass is 35.5. The van der Waals surface area contributed by atoms with Gasteiger partial charge in [-0.05, 0) is 13.8 Å². The Bertz CT molecular complexity index is 458. The number of benzene rings is 1. The normalized spacial score (nSPS) is 10.7. The molecule has 0 N–H and O–H groups in total. The lowest BCUT2D eigenvalue weighted by molar-refractivity contribution is 0.0729. The van der Waals surface area contributed by atoms with Crippen LogP contribution in [0.25, 0.3) is 0 Å². The van der Waals surface area contributed by atoms with Gasteiger partial charge in [-0.15, -0.1) is 0 Å². The molecule has 0 atom stereocenters. The summed E-state index contributed by atoms with van der Waals surface area (Å²) in [7, 11) is 0. The van der Waals surface area contributed by atoms with E-state index in [0.29, 0.717) is 0 Å². The fourth-order valence-electron chi connectivity index (χ4n) is 0.974. The van der Waals surface area contributed by atoms with Crippen LogP contribution >= 0.6 is 58.0 Å². The number of ether oxygens (including phenoxy) is 2. The molecule has 0 amide bonds. The quantitative estimate of drug-likeness (QED) is 0.289. The third kappa shape index (κ3) is 3.49. The van der Waals surface area contributed by atoms with Gasteiger partial charge in [-0.25, -0.2) is 4.79 Å². The molecule has 0 radical (unpaired) electrons. The third-order valence-electron chi connectivity index (χ3n) is 1.69. The molecule has 0 aromatic heterocycles. The Morgan fingerprint density at radius 2 is 1.28 bits per heavy atom. The summed E-state index contributed by atoms with van der Waals surface area (Å²) in [4.78, 5) is 11.4. The van der Waals surface area contributed by atoms with Gasteiger partial charge in [0.25, 0.3) is 0 Å². The summed E-state index contributed by atoms with van der Waals surface area (Å²) in [6, 6.07) is 0. The van der Waals surface area contributed by atoms with Crippen LogP contribution in [-0.4, -0.2) is 12.3 Å². The van der Waals surface area contributed by atoms with Crippen LogP contribution in [0, 0.1) is 0 Å². The van der Waals surface area contributed by atoms with Gasteiger partial charge in [0.1, 0.15) is 10.0 Å². The average Bonchev–Trinajstić information content (AvgIpc) is 2.29.